The van der Waals surface area contributed by atoms with Gasteiger partial charge in [-0.25, -0.2) is 4.39 Å². The number of fused-ring (bicyclic) bond motifs is 1. The molecule has 1 aromatic heterocycles. The summed E-state index contributed by atoms with van der Waals surface area (Å²) >= 11 is 0. The summed E-state index contributed by atoms with van der Waals surface area (Å²) < 4.78 is 14.1. The molecule has 0 aliphatic carbocycles. The summed E-state index contributed by atoms with van der Waals surface area (Å²) in [6.45, 7) is 3.01. The molecule has 30 heavy (non-hydrogen) atoms. The number of pyridine rings is 1. The van der Waals surface area contributed by atoms with Crippen molar-refractivity contribution in [3.63, 3.8) is 0 Å². The van der Waals surface area contributed by atoms with Crippen LogP contribution in [0, 0.1) is 5.82 Å². The van der Waals surface area contributed by atoms with Gasteiger partial charge in [0, 0.05) is 37.8 Å². The Balaban J connectivity index is 1.56. The molecular weight excluding hydrogens is 377 g/mol. The lowest BCUT2D eigenvalue weighted by Crippen LogP contribution is -2.33. The highest BCUT2D eigenvalue weighted by atomic mass is 19.1. The predicted octanol–water partition coefficient (Wildman–Crippen LogP) is 4.90. The monoisotopic (exact) mass is 401 g/mol. The number of likely N-dealkylation sites (tertiary alicyclic amines) is 1. The van der Waals surface area contributed by atoms with E-state index in [0.29, 0.717) is 23.0 Å². The predicted molar refractivity (Wildman–Crippen MR) is 118 cm³/mol. The maximum absolute atomic E-state index is 14.1. The van der Waals surface area contributed by atoms with E-state index in [-0.39, 0.29) is 11.7 Å². The summed E-state index contributed by atoms with van der Waals surface area (Å²) in [5, 5.41) is 0.705. The summed E-state index contributed by atoms with van der Waals surface area (Å²) in [6, 6.07) is 15.0. The summed E-state index contributed by atoms with van der Waals surface area (Å²) in [6.07, 6.45) is 6.83. The minimum atomic E-state index is -0.311. The van der Waals surface area contributed by atoms with Gasteiger partial charge in [0.15, 0.2) is 0 Å². The third-order valence-electron chi connectivity index (χ3n) is 6.10. The fraction of sp³-hybridized carbons (Fsp3) is 0.280. The number of rotatable bonds is 3. The van der Waals surface area contributed by atoms with Gasteiger partial charge in [0.05, 0.1) is 16.8 Å². The van der Waals surface area contributed by atoms with Gasteiger partial charge >= 0.3 is 0 Å². The zero-order valence-electron chi connectivity index (χ0n) is 16.9. The number of carbonyl (C=O) groups is 1. The molecule has 0 unspecified atom stereocenters. The summed E-state index contributed by atoms with van der Waals surface area (Å²) in [4.78, 5) is 21.8. The van der Waals surface area contributed by atoms with Crippen LogP contribution < -0.4 is 4.90 Å². The van der Waals surface area contributed by atoms with Crippen LogP contribution in [0.3, 0.4) is 0 Å². The number of halogens is 1. The van der Waals surface area contributed by atoms with Crippen molar-refractivity contribution in [3.8, 4) is 0 Å². The molecule has 5 rings (SSSR count). The van der Waals surface area contributed by atoms with E-state index in [4.69, 9.17) is 0 Å². The zero-order chi connectivity index (χ0) is 20.5. The molecule has 0 spiro atoms. The van der Waals surface area contributed by atoms with Gasteiger partial charge in [0.1, 0.15) is 5.82 Å². The van der Waals surface area contributed by atoms with Gasteiger partial charge in [-0.15, -0.1) is 0 Å². The first kappa shape index (κ1) is 18.8. The van der Waals surface area contributed by atoms with Gasteiger partial charge in [-0.1, -0.05) is 36.4 Å². The fourth-order valence-electron chi connectivity index (χ4n) is 4.53. The largest absolute Gasteiger partial charge is 0.366 e. The number of carbonyl (C=O) groups excluding carboxylic acids is 1. The second-order valence-electron chi connectivity index (χ2n) is 7.97. The molecule has 0 N–H and O–H groups in total. The number of aromatic nitrogens is 1. The number of anilines is 1. The quantitative estimate of drug-likeness (QED) is 0.626. The molecule has 2 aromatic carbocycles. The Labute approximate surface area is 175 Å². The van der Waals surface area contributed by atoms with E-state index < -0.39 is 0 Å². The van der Waals surface area contributed by atoms with Gasteiger partial charge in [0.2, 0.25) is 0 Å². The second-order valence-corrected chi connectivity index (χ2v) is 7.97. The van der Waals surface area contributed by atoms with E-state index in [0.717, 1.165) is 44.6 Å². The number of hydrogen-bond acceptors (Lipinski definition) is 3. The lowest BCUT2D eigenvalue weighted by Gasteiger charge is -2.31. The molecule has 1 fully saturated rings. The minimum Gasteiger partial charge on any atom is -0.366 e. The van der Waals surface area contributed by atoms with Crippen molar-refractivity contribution >= 4 is 28.1 Å². The first-order valence-electron chi connectivity index (χ1n) is 10.6. The average Bonchev–Trinajstić information content (AvgIpc) is 3.33. The van der Waals surface area contributed by atoms with Crippen LogP contribution in [-0.4, -0.2) is 42.0 Å². The lowest BCUT2D eigenvalue weighted by atomic mass is 9.98. The van der Waals surface area contributed by atoms with E-state index in [1.807, 2.05) is 11.0 Å². The molecule has 152 valence electrons. The molecule has 3 heterocycles. The van der Waals surface area contributed by atoms with Crippen LogP contribution in [0.5, 0.6) is 0 Å². The van der Waals surface area contributed by atoms with Crippen LogP contribution in [0.2, 0.25) is 0 Å². The summed E-state index contributed by atoms with van der Waals surface area (Å²) in [7, 11) is 0. The fourth-order valence-corrected chi connectivity index (χ4v) is 4.53. The first-order valence-corrected chi connectivity index (χ1v) is 10.6. The zero-order valence-corrected chi connectivity index (χ0v) is 16.9. The number of benzene rings is 2. The molecule has 1 amide bonds. The van der Waals surface area contributed by atoms with E-state index >= 15 is 0 Å². The van der Waals surface area contributed by atoms with Crippen LogP contribution in [-0.2, 0) is 0 Å². The van der Waals surface area contributed by atoms with Gasteiger partial charge in [-0.3, -0.25) is 9.78 Å². The molecule has 0 saturated carbocycles. The Morgan fingerprint density at radius 2 is 1.80 bits per heavy atom. The Morgan fingerprint density at radius 3 is 2.53 bits per heavy atom. The van der Waals surface area contributed by atoms with E-state index in [1.54, 1.807) is 12.3 Å². The number of amides is 1. The summed E-state index contributed by atoms with van der Waals surface area (Å²) in [5.41, 5.74) is 4.63. The Morgan fingerprint density at radius 1 is 1.00 bits per heavy atom. The molecule has 0 atom stereocenters. The Kier molecular flexibility index (Phi) is 4.95. The molecule has 1 saturated heterocycles. The third kappa shape index (κ3) is 3.45. The van der Waals surface area contributed by atoms with E-state index in [9.17, 15) is 9.18 Å². The van der Waals surface area contributed by atoms with Crippen molar-refractivity contribution in [2.45, 2.75) is 19.3 Å². The van der Waals surface area contributed by atoms with Gasteiger partial charge < -0.3 is 9.80 Å². The molecule has 2 aliphatic heterocycles. The molecule has 0 bridgehead atoms. The first-order chi connectivity index (χ1) is 14.7. The molecule has 5 heteroatoms. The van der Waals surface area contributed by atoms with Crippen molar-refractivity contribution < 1.29 is 9.18 Å². The highest BCUT2D eigenvalue weighted by molar-refractivity contribution is 6.07. The Bertz CT molecular complexity index is 1120. The maximum Gasteiger partial charge on any atom is 0.257 e. The average molecular weight is 401 g/mol. The molecule has 3 aromatic rings. The van der Waals surface area contributed by atoms with E-state index in [2.05, 4.69) is 40.2 Å². The Hall–Kier alpha value is -3.21. The van der Waals surface area contributed by atoms with Crippen molar-refractivity contribution in [1.82, 2.24) is 9.88 Å². The normalized spacial score (nSPS) is 16.8. The highest BCUT2D eigenvalue weighted by Crippen LogP contribution is 2.34. The molecule has 4 nitrogen and oxygen atoms in total. The topological polar surface area (TPSA) is 36.4 Å². The summed E-state index contributed by atoms with van der Waals surface area (Å²) in [5.74, 6) is -0.312. The van der Waals surface area contributed by atoms with E-state index in [1.165, 1.54) is 23.3 Å². The van der Waals surface area contributed by atoms with Gasteiger partial charge in [-0.2, -0.15) is 0 Å². The van der Waals surface area contributed by atoms with Crippen LogP contribution in [0.1, 0.15) is 35.2 Å². The van der Waals surface area contributed by atoms with Crippen molar-refractivity contribution in [2.24, 2.45) is 0 Å². The minimum absolute atomic E-state index is 0.000929. The highest BCUT2D eigenvalue weighted by Gasteiger charge is 2.27. The van der Waals surface area contributed by atoms with Crippen LogP contribution in [0.4, 0.5) is 10.1 Å². The number of nitrogens with zero attached hydrogens (tertiary/aromatic N) is 3. The van der Waals surface area contributed by atoms with Crippen molar-refractivity contribution in [1.29, 1.82) is 0 Å². The molecule has 2 aliphatic rings. The second kappa shape index (κ2) is 7.90. The SMILES string of the molecule is O=C(c1cnc2ccc(F)cc2c1N1CC=C(c2ccccc2)CC1)N1CCCC1. The smallest absolute Gasteiger partial charge is 0.257 e. The standard InChI is InChI=1S/C25H24FN3O/c26-20-8-9-23-21(16-20)24(22(17-27-23)25(30)29-12-4-5-13-29)28-14-10-19(11-15-28)18-6-2-1-3-7-18/h1-3,6-10,16-17H,4-5,11-15H2. The van der Waals surface area contributed by atoms with Crippen LogP contribution in [0.15, 0.2) is 60.8 Å². The third-order valence-corrected chi connectivity index (χ3v) is 6.10. The number of hydrogen-bond donors (Lipinski definition) is 0. The lowest BCUT2D eigenvalue weighted by molar-refractivity contribution is 0.0793. The van der Waals surface area contributed by atoms with Crippen LogP contribution >= 0.6 is 0 Å². The molecule has 0 radical (unpaired) electrons. The van der Waals surface area contributed by atoms with Gasteiger partial charge in [-0.05, 0) is 48.6 Å². The van der Waals surface area contributed by atoms with Crippen molar-refractivity contribution in [3.05, 3.63) is 77.7 Å². The van der Waals surface area contributed by atoms with Gasteiger partial charge in [0.25, 0.3) is 5.91 Å². The molecular formula is C25H24FN3O. The van der Waals surface area contributed by atoms with Crippen molar-refractivity contribution in [2.75, 3.05) is 31.1 Å². The van der Waals surface area contributed by atoms with Crippen LogP contribution in [0.25, 0.3) is 16.5 Å². The maximum atomic E-state index is 14.1.